The first-order valence-electron chi connectivity index (χ1n) is 6.86. The van der Waals surface area contributed by atoms with E-state index in [1.54, 1.807) is 38.1 Å². The molecule has 0 bridgehead atoms. The lowest BCUT2D eigenvalue weighted by Crippen LogP contribution is -2.11. The molecule has 0 aliphatic carbocycles. The second-order valence-electron chi connectivity index (χ2n) is 4.18. The molecule has 0 unspecified atom stereocenters. The van der Waals surface area contributed by atoms with Gasteiger partial charge in [0.1, 0.15) is 11.5 Å². The lowest BCUT2D eigenvalue weighted by atomic mass is 10.1. The number of rotatable bonds is 4. The highest BCUT2D eigenvalue weighted by atomic mass is 16.7. The first-order chi connectivity index (χ1) is 10.7. The van der Waals surface area contributed by atoms with Gasteiger partial charge in [0.15, 0.2) is 0 Å². The summed E-state index contributed by atoms with van der Waals surface area (Å²) < 4.78 is 19.8. The van der Waals surface area contributed by atoms with Crippen LogP contribution in [0, 0.1) is 0 Å². The zero-order chi connectivity index (χ0) is 15.9. The van der Waals surface area contributed by atoms with Crippen molar-refractivity contribution in [3.05, 3.63) is 36.4 Å². The normalized spacial score (nSPS) is 10.1. The molecule has 2 aromatic rings. The summed E-state index contributed by atoms with van der Waals surface area (Å²) in [6, 6.07) is 10.1. The van der Waals surface area contributed by atoms with Crippen molar-refractivity contribution in [3.63, 3.8) is 0 Å². The van der Waals surface area contributed by atoms with Gasteiger partial charge in [0.2, 0.25) is 0 Å². The highest BCUT2D eigenvalue weighted by Gasteiger charge is 2.14. The van der Waals surface area contributed by atoms with Crippen LogP contribution in [0.15, 0.2) is 36.4 Å². The second-order valence-corrected chi connectivity index (χ2v) is 4.18. The van der Waals surface area contributed by atoms with E-state index in [0.717, 1.165) is 0 Å². The summed E-state index contributed by atoms with van der Waals surface area (Å²) in [5, 5.41) is 1.25. The summed E-state index contributed by atoms with van der Waals surface area (Å²) in [5.41, 5.74) is 0. The van der Waals surface area contributed by atoms with Gasteiger partial charge in [0.25, 0.3) is 0 Å². The Kier molecular flexibility index (Phi) is 5.19. The molecule has 6 heteroatoms. The van der Waals surface area contributed by atoms with E-state index in [1.807, 2.05) is 0 Å². The Morgan fingerprint density at radius 3 is 1.55 bits per heavy atom. The fraction of sp³-hybridized carbons (Fsp3) is 0.250. The quantitative estimate of drug-likeness (QED) is 0.630. The van der Waals surface area contributed by atoms with Gasteiger partial charge in [0, 0.05) is 10.8 Å². The number of ether oxygens (including phenoxy) is 4. The van der Waals surface area contributed by atoms with Gasteiger partial charge in [-0.3, -0.25) is 0 Å². The van der Waals surface area contributed by atoms with E-state index in [-0.39, 0.29) is 13.2 Å². The lowest BCUT2D eigenvalue weighted by molar-refractivity contribution is 0.102. The van der Waals surface area contributed by atoms with Crippen LogP contribution in [0.5, 0.6) is 11.5 Å². The lowest BCUT2D eigenvalue weighted by Gasteiger charge is -2.11. The van der Waals surface area contributed by atoms with Gasteiger partial charge in [-0.15, -0.1) is 0 Å². The molecule has 0 amide bonds. The molecule has 0 aromatic heterocycles. The number of hydrogen-bond donors (Lipinski definition) is 0. The Bertz CT molecular complexity index is 621. The van der Waals surface area contributed by atoms with Gasteiger partial charge in [-0.05, 0) is 26.0 Å². The largest absolute Gasteiger partial charge is 0.513 e. The minimum Gasteiger partial charge on any atom is -0.434 e. The summed E-state index contributed by atoms with van der Waals surface area (Å²) >= 11 is 0. The molecule has 0 aliphatic rings. The maximum Gasteiger partial charge on any atom is 0.513 e. The van der Waals surface area contributed by atoms with Crippen LogP contribution < -0.4 is 9.47 Å². The molecular weight excluding hydrogens is 288 g/mol. The molecule has 0 atom stereocenters. The van der Waals surface area contributed by atoms with Gasteiger partial charge in [-0.25, -0.2) is 9.59 Å². The van der Waals surface area contributed by atoms with Crippen molar-refractivity contribution < 1.29 is 28.5 Å². The van der Waals surface area contributed by atoms with Crippen LogP contribution in [0.25, 0.3) is 10.8 Å². The molecule has 22 heavy (non-hydrogen) atoms. The predicted molar refractivity (Wildman–Crippen MR) is 79.2 cm³/mol. The molecule has 2 rings (SSSR count). The molecule has 0 heterocycles. The van der Waals surface area contributed by atoms with E-state index >= 15 is 0 Å². The zero-order valence-electron chi connectivity index (χ0n) is 12.3. The van der Waals surface area contributed by atoms with Crippen LogP contribution in [0.2, 0.25) is 0 Å². The summed E-state index contributed by atoms with van der Waals surface area (Å²) in [5.74, 6) is 0.649. The fourth-order valence-electron chi connectivity index (χ4n) is 1.90. The molecule has 0 N–H and O–H groups in total. The molecular formula is C16H16O6. The van der Waals surface area contributed by atoms with E-state index in [9.17, 15) is 9.59 Å². The molecule has 0 fully saturated rings. The summed E-state index contributed by atoms with van der Waals surface area (Å²) in [6.45, 7) is 3.83. The number of fused-ring (bicyclic) bond motifs is 1. The van der Waals surface area contributed by atoms with Crippen LogP contribution in [0.3, 0.4) is 0 Å². The van der Waals surface area contributed by atoms with Gasteiger partial charge >= 0.3 is 12.3 Å². The Labute approximate surface area is 127 Å². The molecule has 0 saturated heterocycles. The number of carbonyl (C=O) groups is 2. The monoisotopic (exact) mass is 304 g/mol. The Hall–Kier alpha value is -2.76. The third kappa shape index (κ3) is 3.66. The van der Waals surface area contributed by atoms with Crippen molar-refractivity contribution in [3.8, 4) is 11.5 Å². The molecule has 2 aromatic carbocycles. The van der Waals surface area contributed by atoms with Gasteiger partial charge in [0.05, 0.1) is 13.2 Å². The highest BCUT2D eigenvalue weighted by molar-refractivity contribution is 5.95. The van der Waals surface area contributed by atoms with Crippen LogP contribution in [-0.4, -0.2) is 25.5 Å². The van der Waals surface area contributed by atoms with Crippen molar-refractivity contribution in [2.45, 2.75) is 13.8 Å². The van der Waals surface area contributed by atoms with Gasteiger partial charge < -0.3 is 18.9 Å². The first kappa shape index (κ1) is 15.6. The van der Waals surface area contributed by atoms with E-state index in [0.29, 0.717) is 22.3 Å². The van der Waals surface area contributed by atoms with Crippen molar-refractivity contribution in [1.82, 2.24) is 0 Å². The fourth-order valence-corrected chi connectivity index (χ4v) is 1.90. The number of hydrogen-bond acceptors (Lipinski definition) is 6. The van der Waals surface area contributed by atoms with Crippen LogP contribution in [0.4, 0.5) is 9.59 Å². The minimum absolute atomic E-state index is 0.223. The van der Waals surface area contributed by atoms with Crippen LogP contribution in [0.1, 0.15) is 13.8 Å². The van der Waals surface area contributed by atoms with Gasteiger partial charge in [-0.1, -0.05) is 24.3 Å². The van der Waals surface area contributed by atoms with Gasteiger partial charge in [-0.2, -0.15) is 0 Å². The third-order valence-electron chi connectivity index (χ3n) is 2.76. The standard InChI is InChI=1S/C16H16O6/c1-3-19-15(17)21-13-9-10-14(22-16(18)20-4-2)12-8-6-5-7-11(12)13/h5-10H,3-4H2,1-2H3. The van der Waals surface area contributed by atoms with Crippen molar-refractivity contribution >= 4 is 23.1 Å². The highest BCUT2D eigenvalue weighted by Crippen LogP contribution is 2.33. The topological polar surface area (TPSA) is 71.1 Å². The predicted octanol–water partition coefficient (Wildman–Crippen LogP) is 3.91. The summed E-state index contributed by atoms with van der Waals surface area (Å²) in [4.78, 5) is 22.9. The van der Waals surface area contributed by atoms with Crippen LogP contribution >= 0.6 is 0 Å². The summed E-state index contributed by atoms with van der Waals surface area (Å²) in [6.07, 6.45) is -1.57. The molecule has 116 valence electrons. The maximum absolute atomic E-state index is 11.5. The van der Waals surface area contributed by atoms with Crippen molar-refractivity contribution in [2.75, 3.05) is 13.2 Å². The Morgan fingerprint density at radius 1 is 0.773 bits per heavy atom. The summed E-state index contributed by atoms with van der Waals surface area (Å²) in [7, 11) is 0. The first-order valence-corrected chi connectivity index (χ1v) is 6.86. The molecule has 6 nitrogen and oxygen atoms in total. The second kappa shape index (κ2) is 7.31. The van der Waals surface area contributed by atoms with E-state index in [1.165, 1.54) is 12.1 Å². The van der Waals surface area contributed by atoms with E-state index in [4.69, 9.17) is 18.9 Å². The molecule has 0 saturated carbocycles. The number of benzene rings is 2. The SMILES string of the molecule is CCOC(=O)Oc1ccc(OC(=O)OCC)c2ccccc12. The average Bonchev–Trinajstić information content (AvgIpc) is 2.50. The Morgan fingerprint density at radius 2 is 1.18 bits per heavy atom. The number of carbonyl (C=O) groups excluding carboxylic acids is 2. The zero-order valence-corrected chi connectivity index (χ0v) is 12.3. The molecule has 0 radical (unpaired) electrons. The van der Waals surface area contributed by atoms with Crippen molar-refractivity contribution in [2.24, 2.45) is 0 Å². The van der Waals surface area contributed by atoms with E-state index < -0.39 is 12.3 Å². The van der Waals surface area contributed by atoms with Crippen LogP contribution in [-0.2, 0) is 9.47 Å². The Balaban J connectivity index is 2.34. The maximum atomic E-state index is 11.5. The minimum atomic E-state index is -0.785. The third-order valence-corrected chi connectivity index (χ3v) is 2.76. The molecule has 0 aliphatic heterocycles. The smallest absolute Gasteiger partial charge is 0.434 e. The average molecular weight is 304 g/mol. The van der Waals surface area contributed by atoms with Crippen molar-refractivity contribution in [1.29, 1.82) is 0 Å². The molecule has 0 spiro atoms. The van der Waals surface area contributed by atoms with E-state index in [2.05, 4.69) is 0 Å².